The van der Waals surface area contributed by atoms with E-state index in [1.165, 1.54) is 16.4 Å². The molecule has 11 nitrogen and oxygen atoms in total. The molecule has 3 heterocycles. The Kier molecular flexibility index (Phi) is 6.99. The first-order valence-electron chi connectivity index (χ1n) is 13.1. The number of aromatic nitrogens is 3. The van der Waals surface area contributed by atoms with Gasteiger partial charge < -0.3 is 15.0 Å². The Morgan fingerprint density at radius 1 is 1.23 bits per heavy atom. The van der Waals surface area contributed by atoms with Crippen LogP contribution in [-0.4, -0.2) is 51.6 Å². The van der Waals surface area contributed by atoms with Crippen molar-refractivity contribution in [1.29, 1.82) is 5.26 Å². The summed E-state index contributed by atoms with van der Waals surface area (Å²) in [6, 6.07) is 9.15. The highest BCUT2D eigenvalue weighted by molar-refractivity contribution is 7.89. The van der Waals surface area contributed by atoms with Crippen LogP contribution in [0, 0.1) is 17.2 Å². The monoisotopic (exact) mass is 552 g/mol. The molecule has 5 rings (SSSR count). The van der Waals surface area contributed by atoms with E-state index in [0.717, 1.165) is 12.8 Å². The van der Waals surface area contributed by atoms with Crippen molar-refractivity contribution in [3.05, 3.63) is 46.9 Å². The van der Waals surface area contributed by atoms with Crippen LogP contribution in [0.1, 0.15) is 58.9 Å². The number of aromatic amines is 1. The van der Waals surface area contributed by atoms with Gasteiger partial charge in [0, 0.05) is 18.4 Å². The molecule has 2 aromatic heterocycles. The number of carbonyl (C=O) groups is 1. The predicted molar refractivity (Wildman–Crippen MR) is 145 cm³/mol. The molecule has 1 saturated carbocycles. The molecule has 1 aromatic carbocycles. The topological polar surface area (TPSA) is 150 Å². The second kappa shape index (κ2) is 10.1. The van der Waals surface area contributed by atoms with Gasteiger partial charge >= 0.3 is 5.97 Å². The zero-order chi connectivity index (χ0) is 27.9. The fraction of sp³-hybridized carbons (Fsp3) is 0.481. The number of sulfonamides is 1. The normalized spacial score (nSPS) is 19.1. The molecule has 0 amide bonds. The van der Waals surface area contributed by atoms with Crippen LogP contribution in [0.3, 0.4) is 0 Å². The summed E-state index contributed by atoms with van der Waals surface area (Å²) in [7, 11) is -3.94. The molecule has 2 aliphatic rings. The van der Waals surface area contributed by atoms with Crippen LogP contribution in [0.15, 0.2) is 46.2 Å². The quantitative estimate of drug-likeness (QED) is 0.400. The minimum atomic E-state index is -3.94. The molecule has 2 atom stereocenters. The highest BCUT2D eigenvalue weighted by atomic mass is 32.2. The Hall–Kier alpha value is -3.69. The van der Waals surface area contributed by atoms with E-state index < -0.39 is 27.6 Å². The van der Waals surface area contributed by atoms with Crippen molar-refractivity contribution in [3.63, 3.8) is 0 Å². The van der Waals surface area contributed by atoms with Crippen LogP contribution in [0.2, 0.25) is 0 Å². The summed E-state index contributed by atoms with van der Waals surface area (Å²) in [5, 5.41) is 17.6. The molecule has 0 bridgehead atoms. The van der Waals surface area contributed by atoms with Gasteiger partial charge in [0.05, 0.1) is 28.9 Å². The smallest absolute Gasteiger partial charge is 0.324 e. The van der Waals surface area contributed by atoms with Gasteiger partial charge in [-0.1, -0.05) is 0 Å². The first-order valence-corrected chi connectivity index (χ1v) is 14.5. The van der Waals surface area contributed by atoms with E-state index in [1.807, 2.05) is 0 Å². The van der Waals surface area contributed by atoms with Gasteiger partial charge in [-0.3, -0.25) is 14.3 Å². The lowest BCUT2D eigenvalue weighted by molar-refractivity contribution is -0.158. The molecule has 39 heavy (non-hydrogen) atoms. The zero-order valence-electron chi connectivity index (χ0n) is 22.2. The number of nitrogens with zero attached hydrogens (tertiary/aromatic N) is 4. The molecule has 2 N–H and O–H groups in total. The standard InChI is InChI=1S/C27H32N6O5S/c1-27(2,3)38-26(35)22-5-4-16-32(22)39(36,37)19-10-8-18(9-11-19)30-24-23-21(13-15-29-25(23)34)33(31-24)20(12-14-28)17-6-7-17/h8-11,13,15,17,20,22H,4-7,12,16H2,1-3H3,(H,29,34)(H,30,31)/t20?,22-/m1/s1. The summed E-state index contributed by atoms with van der Waals surface area (Å²) < 4.78 is 35.3. The van der Waals surface area contributed by atoms with Gasteiger partial charge in [-0.05, 0) is 82.7 Å². The molecular weight excluding hydrogens is 520 g/mol. The van der Waals surface area contributed by atoms with Gasteiger partial charge in [-0.2, -0.15) is 14.7 Å². The van der Waals surface area contributed by atoms with E-state index in [9.17, 15) is 23.3 Å². The molecule has 1 aliphatic heterocycles. The molecule has 12 heteroatoms. The number of ether oxygens (including phenoxy) is 1. The van der Waals surface area contributed by atoms with Crippen molar-refractivity contribution in [2.75, 3.05) is 11.9 Å². The number of pyridine rings is 1. The summed E-state index contributed by atoms with van der Waals surface area (Å²) in [6.45, 7) is 5.49. The average Bonchev–Trinajstić information content (AvgIpc) is 3.45. The lowest BCUT2D eigenvalue weighted by Crippen LogP contribution is -2.43. The Balaban J connectivity index is 1.41. The highest BCUT2D eigenvalue weighted by Gasteiger charge is 2.41. The van der Waals surface area contributed by atoms with Crippen LogP contribution in [-0.2, 0) is 19.6 Å². The van der Waals surface area contributed by atoms with Crippen molar-refractivity contribution < 1.29 is 17.9 Å². The zero-order valence-corrected chi connectivity index (χ0v) is 23.0. The summed E-state index contributed by atoms with van der Waals surface area (Å²) >= 11 is 0. The molecule has 206 valence electrons. The van der Waals surface area contributed by atoms with Crippen molar-refractivity contribution in [3.8, 4) is 6.07 Å². The fourth-order valence-electron chi connectivity index (χ4n) is 5.08. The molecule has 1 saturated heterocycles. The molecule has 0 spiro atoms. The predicted octanol–water partition coefficient (Wildman–Crippen LogP) is 3.83. The molecular formula is C27H32N6O5S. The van der Waals surface area contributed by atoms with Crippen LogP contribution in [0.5, 0.6) is 0 Å². The molecule has 1 aliphatic carbocycles. The number of benzene rings is 1. The number of H-pyrrole nitrogens is 1. The van der Waals surface area contributed by atoms with Gasteiger partial charge in [-0.25, -0.2) is 8.42 Å². The molecule has 0 radical (unpaired) electrons. The van der Waals surface area contributed by atoms with Gasteiger partial charge in [0.2, 0.25) is 10.0 Å². The average molecular weight is 553 g/mol. The van der Waals surface area contributed by atoms with E-state index in [2.05, 4.69) is 21.5 Å². The molecule has 1 unspecified atom stereocenters. The Morgan fingerprint density at radius 2 is 1.95 bits per heavy atom. The second-order valence-corrected chi connectivity index (χ2v) is 13.0. The number of fused-ring (bicyclic) bond motifs is 1. The van der Waals surface area contributed by atoms with Crippen LogP contribution >= 0.6 is 0 Å². The fourth-order valence-corrected chi connectivity index (χ4v) is 6.73. The van der Waals surface area contributed by atoms with E-state index in [1.54, 1.807) is 49.8 Å². The van der Waals surface area contributed by atoms with Crippen molar-refractivity contribution >= 4 is 38.4 Å². The number of rotatable bonds is 8. The summed E-state index contributed by atoms with van der Waals surface area (Å²) in [4.78, 5) is 28.2. The summed E-state index contributed by atoms with van der Waals surface area (Å²) in [5.74, 6) is 0.130. The first-order chi connectivity index (χ1) is 18.5. The number of nitriles is 1. The van der Waals surface area contributed by atoms with Crippen LogP contribution in [0.25, 0.3) is 10.9 Å². The maximum absolute atomic E-state index is 13.4. The number of carbonyl (C=O) groups excluding carboxylic acids is 1. The van der Waals surface area contributed by atoms with Gasteiger partial charge in [0.15, 0.2) is 5.82 Å². The summed E-state index contributed by atoms with van der Waals surface area (Å²) in [6.07, 6.45) is 4.86. The minimum absolute atomic E-state index is 0.0551. The number of nitrogens with one attached hydrogen (secondary N) is 2. The van der Waals surface area contributed by atoms with Gasteiger partial charge in [-0.15, -0.1) is 0 Å². The number of hydrogen-bond donors (Lipinski definition) is 2. The van der Waals surface area contributed by atoms with Crippen molar-refractivity contribution in [2.24, 2.45) is 5.92 Å². The van der Waals surface area contributed by atoms with E-state index in [4.69, 9.17) is 4.74 Å². The van der Waals surface area contributed by atoms with Crippen LogP contribution < -0.4 is 10.9 Å². The number of hydrogen-bond acceptors (Lipinski definition) is 8. The number of anilines is 2. The highest BCUT2D eigenvalue weighted by Crippen LogP contribution is 2.43. The van der Waals surface area contributed by atoms with Crippen molar-refractivity contribution in [2.45, 2.75) is 75.5 Å². The first kappa shape index (κ1) is 26.9. The minimum Gasteiger partial charge on any atom is -0.459 e. The Morgan fingerprint density at radius 3 is 2.59 bits per heavy atom. The number of esters is 1. The SMILES string of the molecule is CC(C)(C)OC(=O)[C@H]1CCCN1S(=O)(=O)c1ccc(Nc2nn(C(CC#N)C3CC3)c3cc[nH]c(=O)c23)cc1. The third-order valence-corrected chi connectivity index (χ3v) is 8.94. The van der Waals surface area contributed by atoms with Gasteiger partial charge in [0.1, 0.15) is 17.0 Å². The van der Waals surface area contributed by atoms with E-state index >= 15 is 0 Å². The lowest BCUT2D eigenvalue weighted by atomic mass is 10.1. The second-order valence-electron chi connectivity index (χ2n) is 11.1. The molecule has 3 aromatic rings. The molecule has 2 fully saturated rings. The third kappa shape index (κ3) is 5.42. The maximum Gasteiger partial charge on any atom is 0.324 e. The maximum atomic E-state index is 13.4. The lowest BCUT2D eigenvalue weighted by Gasteiger charge is -2.27. The van der Waals surface area contributed by atoms with Crippen molar-refractivity contribution in [1.82, 2.24) is 19.1 Å². The largest absolute Gasteiger partial charge is 0.459 e. The van der Waals surface area contributed by atoms with E-state index in [-0.39, 0.29) is 23.0 Å². The summed E-state index contributed by atoms with van der Waals surface area (Å²) in [5.41, 5.74) is 0.148. The van der Waals surface area contributed by atoms with E-state index in [0.29, 0.717) is 47.6 Å². The Bertz CT molecular complexity index is 1590. The third-order valence-electron chi connectivity index (χ3n) is 7.02. The van der Waals surface area contributed by atoms with Gasteiger partial charge in [0.25, 0.3) is 5.56 Å². The Labute approximate surface area is 226 Å². The van der Waals surface area contributed by atoms with Crippen LogP contribution in [0.4, 0.5) is 11.5 Å².